The van der Waals surface area contributed by atoms with Crippen LogP contribution in [0.3, 0.4) is 0 Å². The van der Waals surface area contributed by atoms with Gasteiger partial charge < -0.3 is 9.84 Å². The molecule has 0 aromatic heterocycles. The highest BCUT2D eigenvalue weighted by Gasteiger charge is 2.20. The maximum atomic E-state index is 11.2. The van der Waals surface area contributed by atoms with Crippen LogP contribution in [0.1, 0.15) is 27.2 Å². The van der Waals surface area contributed by atoms with Crippen LogP contribution in [0.4, 0.5) is 0 Å². The summed E-state index contributed by atoms with van der Waals surface area (Å²) in [6.07, 6.45) is 4.15. The molecule has 0 saturated heterocycles. The van der Waals surface area contributed by atoms with Gasteiger partial charge in [-0.15, -0.1) is 5.76 Å². The van der Waals surface area contributed by atoms with E-state index in [0.717, 1.165) is 12.2 Å². The van der Waals surface area contributed by atoms with Gasteiger partial charge in [-0.05, 0) is 18.4 Å². The Morgan fingerprint density at radius 3 is 2.75 bits per heavy atom. The number of rotatable bonds is 2. The fraction of sp³-hybridized carbons (Fsp3) is 0.600. The summed E-state index contributed by atoms with van der Waals surface area (Å²) < 4.78 is 5.31. The molecular weight excluding hydrogens is 152 g/mol. The Balaban J connectivity index is 2.74. The van der Waals surface area contributed by atoms with Gasteiger partial charge in [-0.3, -0.25) is 0 Å². The fourth-order valence-corrected chi connectivity index (χ4v) is 1.41. The van der Waals surface area contributed by atoms with Gasteiger partial charge in [-0.2, -0.15) is 0 Å². The van der Waals surface area contributed by atoms with Gasteiger partial charge in [0.2, 0.25) is 0 Å². The van der Waals surface area contributed by atoms with E-state index in [0.29, 0.717) is 6.61 Å². The fourth-order valence-electron chi connectivity index (χ4n) is 1.41. The Morgan fingerprint density at radius 2 is 2.25 bits per heavy atom. The molecule has 0 atom stereocenters. The van der Waals surface area contributed by atoms with E-state index in [4.69, 9.17) is 4.74 Å². The van der Waals surface area contributed by atoms with Crippen molar-refractivity contribution in [2.75, 3.05) is 6.61 Å². The average molecular weight is 167 g/mol. The lowest BCUT2D eigenvalue weighted by Crippen LogP contribution is -2.19. The first kappa shape index (κ1) is 9.17. The zero-order chi connectivity index (χ0) is 9.19. The summed E-state index contributed by atoms with van der Waals surface area (Å²) in [6.45, 7) is 6.64. The molecule has 0 amide bonds. The van der Waals surface area contributed by atoms with Crippen molar-refractivity contribution in [2.45, 2.75) is 27.2 Å². The first-order valence-electron chi connectivity index (χ1n) is 4.27. The van der Waals surface area contributed by atoms with E-state index in [1.807, 2.05) is 20.8 Å². The molecule has 0 saturated carbocycles. The number of hydrogen-bond acceptors (Lipinski definition) is 2. The van der Waals surface area contributed by atoms with Crippen LogP contribution in [0.25, 0.3) is 0 Å². The molecule has 0 aliphatic heterocycles. The van der Waals surface area contributed by atoms with Gasteiger partial charge in [0, 0.05) is 6.42 Å². The maximum Gasteiger partial charge on any atom is 0.0961 e. The van der Waals surface area contributed by atoms with Crippen molar-refractivity contribution < 1.29 is 9.84 Å². The molecule has 0 bridgehead atoms. The second-order valence-corrected chi connectivity index (χ2v) is 3.76. The van der Waals surface area contributed by atoms with Crippen molar-refractivity contribution in [2.24, 2.45) is 5.41 Å². The van der Waals surface area contributed by atoms with Gasteiger partial charge in [0.05, 0.1) is 12.4 Å². The highest BCUT2D eigenvalue weighted by molar-refractivity contribution is 5.22. The summed E-state index contributed by atoms with van der Waals surface area (Å²) in [7, 11) is 0. The summed E-state index contributed by atoms with van der Waals surface area (Å²) in [6, 6.07) is 0. The highest BCUT2D eigenvalue weighted by atomic mass is 16.5. The van der Waals surface area contributed by atoms with Crippen LogP contribution in [0.2, 0.25) is 0 Å². The van der Waals surface area contributed by atoms with Crippen LogP contribution >= 0.6 is 0 Å². The molecule has 0 N–H and O–H groups in total. The molecule has 68 valence electrons. The lowest BCUT2D eigenvalue weighted by atomic mass is 9.84. The number of ether oxygens (including phenoxy) is 1. The van der Waals surface area contributed by atoms with Crippen LogP contribution < -0.4 is 5.11 Å². The Kier molecular flexibility index (Phi) is 2.46. The van der Waals surface area contributed by atoms with Crippen LogP contribution in [-0.2, 0) is 4.74 Å². The lowest BCUT2D eigenvalue weighted by molar-refractivity contribution is -0.297. The molecule has 0 unspecified atom stereocenters. The maximum absolute atomic E-state index is 11.2. The quantitative estimate of drug-likeness (QED) is 0.625. The largest absolute Gasteiger partial charge is 0.873 e. The van der Waals surface area contributed by atoms with E-state index >= 15 is 0 Å². The van der Waals surface area contributed by atoms with Gasteiger partial charge in [0.1, 0.15) is 0 Å². The summed E-state index contributed by atoms with van der Waals surface area (Å²) in [4.78, 5) is 0. The lowest BCUT2D eigenvalue weighted by Gasteiger charge is -2.29. The molecule has 1 aliphatic rings. The molecule has 0 heterocycles. The third-order valence-electron chi connectivity index (χ3n) is 1.80. The van der Waals surface area contributed by atoms with Crippen LogP contribution in [0, 0.1) is 5.41 Å². The molecule has 1 aliphatic carbocycles. The molecule has 0 aromatic rings. The average Bonchev–Trinajstić information content (AvgIpc) is 1.82. The third kappa shape index (κ3) is 2.29. The zero-order valence-electron chi connectivity index (χ0n) is 7.89. The molecule has 2 heteroatoms. The van der Waals surface area contributed by atoms with Crippen molar-refractivity contribution in [3.05, 3.63) is 23.7 Å². The first-order chi connectivity index (χ1) is 5.53. The van der Waals surface area contributed by atoms with E-state index in [1.165, 1.54) is 0 Å². The summed E-state index contributed by atoms with van der Waals surface area (Å²) in [5.74, 6) is 0.879. The van der Waals surface area contributed by atoms with Crippen LogP contribution in [-0.4, -0.2) is 6.61 Å². The molecule has 0 spiro atoms. The van der Waals surface area contributed by atoms with Gasteiger partial charge in [-0.1, -0.05) is 19.9 Å². The van der Waals surface area contributed by atoms with E-state index in [-0.39, 0.29) is 11.2 Å². The summed E-state index contributed by atoms with van der Waals surface area (Å²) >= 11 is 0. The number of hydrogen-bond donors (Lipinski definition) is 0. The van der Waals surface area contributed by atoms with Crippen molar-refractivity contribution >= 4 is 0 Å². The molecular formula is C10H15O2-. The van der Waals surface area contributed by atoms with Gasteiger partial charge in [0.25, 0.3) is 0 Å². The summed E-state index contributed by atoms with van der Waals surface area (Å²) in [5.41, 5.74) is -0.0453. The van der Waals surface area contributed by atoms with E-state index in [2.05, 4.69) is 0 Å². The molecule has 0 fully saturated rings. The van der Waals surface area contributed by atoms with Gasteiger partial charge in [0.15, 0.2) is 0 Å². The minimum Gasteiger partial charge on any atom is -0.873 e. The molecule has 12 heavy (non-hydrogen) atoms. The Bertz CT molecular complexity index is 224. The van der Waals surface area contributed by atoms with Crippen molar-refractivity contribution in [1.29, 1.82) is 0 Å². The highest BCUT2D eigenvalue weighted by Crippen LogP contribution is 2.31. The Hall–Kier alpha value is -0.920. The second kappa shape index (κ2) is 3.21. The minimum absolute atomic E-state index is 0.0453. The van der Waals surface area contributed by atoms with Crippen LogP contribution in [0.5, 0.6) is 0 Å². The smallest absolute Gasteiger partial charge is 0.0961 e. The van der Waals surface area contributed by atoms with Crippen molar-refractivity contribution in [1.82, 2.24) is 0 Å². The van der Waals surface area contributed by atoms with Gasteiger partial charge >= 0.3 is 0 Å². The predicted molar refractivity (Wildman–Crippen MR) is 46.2 cm³/mol. The monoisotopic (exact) mass is 167 g/mol. The minimum atomic E-state index is -0.0453. The standard InChI is InChI=1S/C10H16O2/c1-4-12-9-5-8(11)6-10(2,3)7-9/h5-6,11H,4,7H2,1-3H3/p-1. The zero-order valence-corrected chi connectivity index (χ0v) is 7.89. The van der Waals surface area contributed by atoms with Crippen molar-refractivity contribution in [3.63, 3.8) is 0 Å². The van der Waals surface area contributed by atoms with Crippen molar-refractivity contribution in [3.8, 4) is 0 Å². The SMILES string of the molecule is CCOC1=CC([O-])=CC(C)(C)C1. The third-order valence-corrected chi connectivity index (χ3v) is 1.80. The van der Waals surface area contributed by atoms with Gasteiger partial charge in [-0.25, -0.2) is 0 Å². The first-order valence-corrected chi connectivity index (χ1v) is 4.27. The Labute approximate surface area is 73.5 Å². The molecule has 0 radical (unpaired) electrons. The molecule has 1 rings (SSSR count). The predicted octanol–water partition coefficient (Wildman–Crippen LogP) is 1.58. The Morgan fingerprint density at radius 1 is 1.58 bits per heavy atom. The molecule has 2 nitrogen and oxygen atoms in total. The second-order valence-electron chi connectivity index (χ2n) is 3.76. The van der Waals surface area contributed by atoms with E-state index in [1.54, 1.807) is 12.2 Å². The van der Waals surface area contributed by atoms with Crippen LogP contribution in [0.15, 0.2) is 23.7 Å². The number of allylic oxidation sites excluding steroid dienone is 3. The normalized spacial score (nSPS) is 21.2. The van der Waals surface area contributed by atoms with E-state index in [9.17, 15) is 5.11 Å². The topological polar surface area (TPSA) is 32.3 Å². The summed E-state index contributed by atoms with van der Waals surface area (Å²) in [5, 5.41) is 11.2. The van der Waals surface area contributed by atoms with E-state index < -0.39 is 0 Å². The molecule has 0 aromatic carbocycles.